The van der Waals surface area contributed by atoms with Gasteiger partial charge in [-0.25, -0.2) is 4.79 Å². The van der Waals surface area contributed by atoms with Crippen LogP contribution in [0, 0.1) is 6.92 Å². The van der Waals surface area contributed by atoms with Crippen molar-refractivity contribution in [2.75, 3.05) is 6.61 Å². The number of aryl methyl sites for hydroxylation is 1. The number of benzene rings is 1. The van der Waals surface area contributed by atoms with Crippen molar-refractivity contribution >= 4 is 17.6 Å². The summed E-state index contributed by atoms with van der Waals surface area (Å²) in [6, 6.07) is 7.47. The van der Waals surface area contributed by atoms with E-state index in [0.29, 0.717) is 35.7 Å². The van der Waals surface area contributed by atoms with Crippen LogP contribution in [0.3, 0.4) is 0 Å². The van der Waals surface area contributed by atoms with Gasteiger partial charge in [-0.1, -0.05) is 23.7 Å². The molecule has 0 unspecified atom stereocenters. The summed E-state index contributed by atoms with van der Waals surface area (Å²) >= 11 is 6.30. The molecule has 126 valence electrons. The number of carbonyl (C=O) groups is 1. The summed E-state index contributed by atoms with van der Waals surface area (Å²) in [6.45, 7) is 4.71. The highest BCUT2D eigenvalue weighted by Gasteiger charge is 2.24. The third-order valence-corrected chi connectivity index (χ3v) is 4.71. The molecule has 4 nitrogen and oxygen atoms in total. The lowest BCUT2D eigenvalue weighted by Crippen LogP contribution is -2.26. The maximum absolute atomic E-state index is 12.7. The fourth-order valence-corrected chi connectivity index (χ4v) is 3.49. The van der Waals surface area contributed by atoms with Gasteiger partial charge in [-0.15, -0.1) is 0 Å². The standard InChI is InChI=1S/C19H20ClNO3/c1-3-24-19(23)15-11-14(18(22)21-8-4-5-17(15)21)10-13-7-6-12(2)9-16(13)20/h6-7,9,11H,3-5,8,10H2,1-2H3. The first kappa shape index (κ1) is 16.8. The van der Waals surface area contributed by atoms with E-state index in [9.17, 15) is 9.59 Å². The van der Waals surface area contributed by atoms with Crippen molar-refractivity contribution in [3.8, 4) is 0 Å². The maximum atomic E-state index is 12.7. The first-order valence-electron chi connectivity index (χ1n) is 8.19. The number of carbonyl (C=O) groups excluding carboxylic acids is 1. The Labute approximate surface area is 146 Å². The molecule has 0 amide bonds. The number of pyridine rings is 1. The van der Waals surface area contributed by atoms with Crippen LogP contribution in [-0.4, -0.2) is 17.1 Å². The lowest BCUT2D eigenvalue weighted by Gasteiger charge is -2.13. The molecule has 24 heavy (non-hydrogen) atoms. The van der Waals surface area contributed by atoms with Crippen LogP contribution in [0.15, 0.2) is 29.1 Å². The highest BCUT2D eigenvalue weighted by atomic mass is 35.5. The molecule has 0 saturated carbocycles. The van der Waals surface area contributed by atoms with Gasteiger partial charge in [-0.05, 0) is 49.9 Å². The van der Waals surface area contributed by atoms with Crippen LogP contribution in [0.2, 0.25) is 5.02 Å². The summed E-state index contributed by atoms with van der Waals surface area (Å²) in [5.74, 6) is -0.362. The minimum Gasteiger partial charge on any atom is -0.462 e. The van der Waals surface area contributed by atoms with Crippen LogP contribution < -0.4 is 5.56 Å². The molecule has 1 aromatic heterocycles. The lowest BCUT2D eigenvalue weighted by atomic mass is 10.0. The Kier molecular flexibility index (Phi) is 4.76. The third kappa shape index (κ3) is 3.11. The third-order valence-electron chi connectivity index (χ3n) is 4.36. The van der Waals surface area contributed by atoms with Gasteiger partial charge in [0.1, 0.15) is 0 Å². The number of hydrogen-bond donors (Lipinski definition) is 0. The van der Waals surface area contributed by atoms with Crippen LogP contribution in [0.5, 0.6) is 0 Å². The molecular weight excluding hydrogens is 326 g/mol. The molecular formula is C19H20ClNO3. The molecule has 1 aromatic carbocycles. The van der Waals surface area contributed by atoms with Crippen LogP contribution in [0.1, 0.15) is 46.1 Å². The first-order chi connectivity index (χ1) is 11.5. The Bertz CT molecular complexity index is 854. The van der Waals surface area contributed by atoms with E-state index in [4.69, 9.17) is 16.3 Å². The zero-order valence-electron chi connectivity index (χ0n) is 13.9. The molecule has 3 rings (SSSR count). The van der Waals surface area contributed by atoms with E-state index in [2.05, 4.69) is 0 Å². The molecule has 5 heteroatoms. The number of rotatable bonds is 4. The molecule has 2 aromatic rings. The Hall–Kier alpha value is -2.07. The lowest BCUT2D eigenvalue weighted by molar-refractivity contribution is 0.0524. The number of esters is 1. The summed E-state index contributed by atoms with van der Waals surface area (Å²) in [5, 5.41) is 0.637. The molecule has 0 saturated heterocycles. The SMILES string of the molecule is CCOC(=O)c1cc(Cc2ccc(C)cc2Cl)c(=O)n2c1CCC2. The minimum atomic E-state index is -0.362. The topological polar surface area (TPSA) is 48.3 Å². The molecule has 1 aliphatic rings. The number of halogens is 1. The summed E-state index contributed by atoms with van der Waals surface area (Å²) in [7, 11) is 0. The van der Waals surface area contributed by atoms with Gasteiger partial charge < -0.3 is 9.30 Å². The van der Waals surface area contributed by atoms with E-state index in [0.717, 1.165) is 29.7 Å². The monoisotopic (exact) mass is 345 g/mol. The predicted octanol–water partition coefficient (Wildman–Crippen LogP) is 3.52. The second-order valence-corrected chi connectivity index (χ2v) is 6.49. The average molecular weight is 346 g/mol. The summed E-state index contributed by atoms with van der Waals surface area (Å²) in [4.78, 5) is 25.0. The molecule has 0 spiro atoms. The highest BCUT2D eigenvalue weighted by molar-refractivity contribution is 6.31. The van der Waals surface area contributed by atoms with Gasteiger partial charge in [0.25, 0.3) is 5.56 Å². The van der Waals surface area contributed by atoms with Crippen molar-refractivity contribution in [2.24, 2.45) is 0 Å². The fraction of sp³-hybridized carbons (Fsp3) is 0.368. The fourth-order valence-electron chi connectivity index (χ4n) is 3.18. The van der Waals surface area contributed by atoms with Crippen LogP contribution >= 0.6 is 11.6 Å². The van der Waals surface area contributed by atoms with Gasteiger partial charge >= 0.3 is 5.97 Å². The predicted molar refractivity (Wildman–Crippen MR) is 94.0 cm³/mol. The minimum absolute atomic E-state index is 0.0350. The molecule has 2 heterocycles. The molecule has 0 atom stereocenters. The van der Waals surface area contributed by atoms with E-state index >= 15 is 0 Å². The smallest absolute Gasteiger partial charge is 0.339 e. The van der Waals surface area contributed by atoms with Gasteiger partial charge in [-0.2, -0.15) is 0 Å². The van der Waals surface area contributed by atoms with Gasteiger partial charge in [-0.3, -0.25) is 4.79 Å². The second-order valence-electron chi connectivity index (χ2n) is 6.08. The van der Waals surface area contributed by atoms with Crippen LogP contribution in [0.25, 0.3) is 0 Å². The van der Waals surface area contributed by atoms with Gasteiger partial charge in [0.15, 0.2) is 0 Å². The Morgan fingerprint density at radius 3 is 2.79 bits per heavy atom. The van der Waals surface area contributed by atoms with Crippen molar-refractivity contribution in [1.82, 2.24) is 4.57 Å². The second kappa shape index (κ2) is 6.81. The normalized spacial score (nSPS) is 13.0. The highest BCUT2D eigenvalue weighted by Crippen LogP contribution is 2.23. The van der Waals surface area contributed by atoms with Crippen molar-refractivity contribution in [3.63, 3.8) is 0 Å². The number of aromatic nitrogens is 1. The van der Waals surface area contributed by atoms with Gasteiger partial charge in [0.2, 0.25) is 0 Å². The first-order valence-corrected chi connectivity index (χ1v) is 8.56. The van der Waals surface area contributed by atoms with Crippen molar-refractivity contribution < 1.29 is 9.53 Å². The van der Waals surface area contributed by atoms with E-state index in [1.165, 1.54) is 0 Å². The number of nitrogens with zero attached hydrogens (tertiary/aromatic N) is 1. The van der Waals surface area contributed by atoms with Crippen LogP contribution in [-0.2, 0) is 24.1 Å². The van der Waals surface area contributed by atoms with Gasteiger partial charge in [0.05, 0.1) is 12.2 Å². The van der Waals surface area contributed by atoms with Gasteiger partial charge in [0, 0.05) is 29.2 Å². The molecule has 0 N–H and O–H groups in total. The maximum Gasteiger partial charge on any atom is 0.339 e. The largest absolute Gasteiger partial charge is 0.462 e. The molecule has 0 aliphatic carbocycles. The Morgan fingerprint density at radius 1 is 1.29 bits per heavy atom. The van der Waals surface area contributed by atoms with Crippen LogP contribution in [0.4, 0.5) is 0 Å². The Morgan fingerprint density at radius 2 is 2.08 bits per heavy atom. The van der Waals surface area contributed by atoms with Crippen molar-refractivity contribution in [2.45, 2.75) is 39.7 Å². The molecule has 1 aliphatic heterocycles. The average Bonchev–Trinajstić information content (AvgIpc) is 3.02. The summed E-state index contributed by atoms with van der Waals surface area (Å²) < 4.78 is 6.87. The van der Waals surface area contributed by atoms with E-state index in [1.54, 1.807) is 17.6 Å². The van der Waals surface area contributed by atoms with E-state index in [-0.39, 0.29) is 11.5 Å². The molecule has 0 radical (unpaired) electrons. The summed E-state index contributed by atoms with van der Waals surface area (Å²) in [6.07, 6.45) is 2.01. The number of hydrogen-bond acceptors (Lipinski definition) is 3. The summed E-state index contributed by atoms with van der Waals surface area (Å²) in [5.41, 5.74) is 3.79. The zero-order valence-corrected chi connectivity index (χ0v) is 14.7. The molecule has 0 bridgehead atoms. The molecule has 0 fully saturated rings. The van der Waals surface area contributed by atoms with E-state index < -0.39 is 0 Å². The van der Waals surface area contributed by atoms with Crippen molar-refractivity contribution in [3.05, 3.63) is 67.6 Å². The zero-order chi connectivity index (χ0) is 17.3. The number of ether oxygens (including phenoxy) is 1. The van der Waals surface area contributed by atoms with Crippen molar-refractivity contribution in [1.29, 1.82) is 0 Å². The number of fused-ring (bicyclic) bond motifs is 1. The quantitative estimate of drug-likeness (QED) is 0.796. The Balaban J connectivity index is 2.06. The van der Waals surface area contributed by atoms with E-state index in [1.807, 2.05) is 25.1 Å².